The van der Waals surface area contributed by atoms with Crippen LogP contribution in [0.2, 0.25) is 0 Å². The number of phosphoric ester groups is 1. The molecule has 0 rings (SSSR count). The van der Waals surface area contributed by atoms with Crippen LogP contribution in [0.15, 0.2) is 85.1 Å². The van der Waals surface area contributed by atoms with Gasteiger partial charge in [-0.2, -0.15) is 0 Å². The van der Waals surface area contributed by atoms with Crippen LogP contribution < -0.4 is 0 Å². The van der Waals surface area contributed by atoms with Crippen molar-refractivity contribution in [3.63, 3.8) is 0 Å². The summed E-state index contributed by atoms with van der Waals surface area (Å²) < 4.78 is 34.8. The summed E-state index contributed by atoms with van der Waals surface area (Å²) in [5, 5.41) is 0. The first-order valence-corrected chi connectivity index (χ1v) is 38.8. The number of allylic oxidation sites excluding steroid dienone is 14. The zero-order valence-corrected chi connectivity index (χ0v) is 59.4. The molecular weight excluding hydrogens is 1110 g/mol. The van der Waals surface area contributed by atoms with Crippen molar-refractivity contribution in [2.75, 3.05) is 47.5 Å². The monoisotopic (exact) mass is 1250 g/mol. The molecule has 0 heterocycles. The second-order valence-electron chi connectivity index (χ2n) is 26.3. The molecule has 0 saturated carbocycles. The molecule has 2 atom stereocenters. The lowest BCUT2D eigenvalue weighted by atomic mass is 10.0. The van der Waals surface area contributed by atoms with Crippen LogP contribution in [0.3, 0.4) is 0 Å². The van der Waals surface area contributed by atoms with Crippen LogP contribution in [0.1, 0.15) is 348 Å². The zero-order chi connectivity index (χ0) is 64.1. The molecule has 88 heavy (non-hydrogen) atoms. The Hall–Kier alpha value is -2.81. The Bertz CT molecular complexity index is 1760. The van der Waals surface area contributed by atoms with E-state index in [0.29, 0.717) is 17.4 Å². The second-order valence-corrected chi connectivity index (χ2v) is 27.8. The average Bonchev–Trinajstić information content (AvgIpc) is 3.56. The van der Waals surface area contributed by atoms with Crippen LogP contribution in [-0.2, 0) is 32.7 Å². The van der Waals surface area contributed by atoms with Crippen molar-refractivity contribution < 1.29 is 42.1 Å². The molecule has 0 aliphatic rings. The standard InChI is InChI=1S/C78H142NO8P/c1-6-8-10-12-14-16-18-20-22-24-26-28-30-32-34-36-38-39-41-43-45-47-49-51-53-55-57-59-61-63-65-67-69-71-78(81)87-76(75-86-88(82,83)85-73-72-79(3,4)5)74-84-77(80)70-68-66-64-62-60-58-56-54-52-50-48-46-44-42-40-37-35-33-31-29-27-25-23-21-19-17-15-13-11-9-7-2/h8,10,14,16,19-22,25-28,31,33,76H,6-7,9,11-13,15,17-18,23-24,29-30,32,34-75H2,1-5H3/p+1/b10-8-,16-14-,21-19-,22-20-,27-25-,28-26-,33-31-. The first-order valence-electron chi connectivity index (χ1n) is 37.3. The number of rotatable bonds is 69. The summed E-state index contributed by atoms with van der Waals surface area (Å²) in [5.41, 5.74) is 0. The number of likely N-dealkylation sites (N-methyl/N-ethyl adjacent to an activating group) is 1. The van der Waals surface area contributed by atoms with Crippen molar-refractivity contribution in [2.24, 2.45) is 0 Å². The van der Waals surface area contributed by atoms with E-state index in [9.17, 15) is 19.0 Å². The third-order valence-electron chi connectivity index (χ3n) is 16.4. The molecule has 0 fully saturated rings. The SMILES string of the molecule is CC/C=C\C/C=C\C/C=C\C/C=C\CCCCCCCCCCCCCCCCCCCCCCC(=O)OC(COC(=O)CCCCCCCCCCCCCCCCCC/C=C\C/C=C\C/C=C\CCCCCCC)COP(=O)(O)OCC[N+](C)(C)C. The fraction of sp³-hybridized carbons (Fsp3) is 0.795. The fourth-order valence-electron chi connectivity index (χ4n) is 10.7. The van der Waals surface area contributed by atoms with Gasteiger partial charge in [-0.05, 0) is 89.9 Å². The van der Waals surface area contributed by atoms with Gasteiger partial charge in [0.1, 0.15) is 19.8 Å². The van der Waals surface area contributed by atoms with Gasteiger partial charge in [0.05, 0.1) is 27.7 Å². The maximum atomic E-state index is 12.9. The molecule has 0 spiro atoms. The van der Waals surface area contributed by atoms with Crippen LogP contribution in [0.5, 0.6) is 0 Å². The maximum Gasteiger partial charge on any atom is 0.472 e. The molecule has 0 amide bonds. The number of phosphoric acid groups is 1. The van der Waals surface area contributed by atoms with E-state index in [2.05, 4.69) is 98.9 Å². The highest BCUT2D eigenvalue weighted by atomic mass is 31.2. The molecule has 0 aliphatic heterocycles. The lowest BCUT2D eigenvalue weighted by Gasteiger charge is -2.24. The molecule has 1 N–H and O–H groups in total. The zero-order valence-electron chi connectivity index (χ0n) is 58.5. The van der Waals surface area contributed by atoms with E-state index in [1.54, 1.807) is 0 Å². The van der Waals surface area contributed by atoms with Gasteiger partial charge >= 0.3 is 19.8 Å². The largest absolute Gasteiger partial charge is 0.472 e. The Labute approximate surface area is 545 Å². The van der Waals surface area contributed by atoms with Crippen molar-refractivity contribution >= 4 is 19.8 Å². The van der Waals surface area contributed by atoms with Gasteiger partial charge in [-0.1, -0.05) is 330 Å². The first kappa shape index (κ1) is 85.2. The Kier molecular flexibility index (Phi) is 66.4. The van der Waals surface area contributed by atoms with E-state index in [4.69, 9.17) is 18.5 Å². The number of carbonyl (C=O) groups is 2. The molecule has 0 saturated heterocycles. The summed E-state index contributed by atoms with van der Waals surface area (Å²) in [5.74, 6) is -0.782. The van der Waals surface area contributed by atoms with Gasteiger partial charge in [0, 0.05) is 12.8 Å². The van der Waals surface area contributed by atoms with E-state index in [1.165, 1.54) is 244 Å². The van der Waals surface area contributed by atoms with Gasteiger partial charge in [0.15, 0.2) is 6.10 Å². The highest BCUT2D eigenvalue weighted by Gasteiger charge is 2.27. The number of unbranched alkanes of at least 4 members (excludes halogenated alkanes) is 41. The number of carbonyl (C=O) groups excluding carboxylic acids is 2. The Morgan fingerprint density at radius 1 is 0.364 bits per heavy atom. The summed E-state index contributed by atoms with van der Waals surface area (Å²) in [7, 11) is 1.49. The molecular formula is C78H143NO8P+. The van der Waals surface area contributed by atoms with E-state index in [-0.39, 0.29) is 32.0 Å². The van der Waals surface area contributed by atoms with Crippen LogP contribution in [0, 0.1) is 0 Å². The highest BCUT2D eigenvalue weighted by molar-refractivity contribution is 7.47. The van der Waals surface area contributed by atoms with Gasteiger partial charge in [0.2, 0.25) is 0 Å². The van der Waals surface area contributed by atoms with Crippen LogP contribution in [0.25, 0.3) is 0 Å². The number of hydrogen-bond acceptors (Lipinski definition) is 7. The second kappa shape index (κ2) is 68.6. The lowest BCUT2D eigenvalue weighted by molar-refractivity contribution is -0.870. The third-order valence-corrected chi connectivity index (χ3v) is 17.4. The van der Waals surface area contributed by atoms with E-state index >= 15 is 0 Å². The predicted molar refractivity (Wildman–Crippen MR) is 381 cm³/mol. The number of hydrogen-bond donors (Lipinski definition) is 1. The van der Waals surface area contributed by atoms with Gasteiger partial charge in [-0.3, -0.25) is 18.6 Å². The van der Waals surface area contributed by atoms with Crippen LogP contribution >= 0.6 is 7.82 Å². The summed E-state index contributed by atoms with van der Waals surface area (Å²) in [6.07, 6.45) is 94.2. The van der Waals surface area contributed by atoms with Gasteiger partial charge in [0.25, 0.3) is 0 Å². The van der Waals surface area contributed by atoms with Crippen molar-refractivity contribution in [1.82, 2.24) is 0 Å². The summed E-state index contributed by atoms with van der Waals surface area (Å²) >= 11 is 0. The van der Waals surface area contributed by atoms with Crippen molar-refractivity contribution in [2.45, 2.75) is 354 Å². The first-order chi connectivity index (χ1) is 43.0. The number of nitrogens with zero attached hydrogens (tertiary/aromatic N) is 1. The lowest BCUT2D eigenvalue weighted by Crippen LogP contribution is -2.37. The van der Waals surface area contributed by atoms with Gasteiger partial charge in [-0.15, -0.1) is 0 Å². The quantitative estimate of drug-likeness (QED) is 0.0211. The molecule has 0 bridgehead atoms. The van der Waals surface area contributed by atoms with Crippen molar-refractivity contribution in [1.29, 1.82) is 0 Å². The predicted octanol–water partition coefficient (Wildman–Crippen LogP) is 24.5. The minimum atomic E-state index is -4.39. The van der Waals surface area contributed by atoms with E-state index in [1.807, 2.05) is 21.1 Å². The molecule has 10 heteroatoms. The Balaban J connectivity index is 3.98. The summed E-state index contributed by atoms with van der Waals surface area (Å²) in [6, 6.07) is 0. The minimum absolute atomic E-state index is 0.0316. The van der Waals surface area contributed by atoms with E-state index in [0.717, 1.165) is 70.6 Å². The van der Waals surface area contributed by atoms with Crippen LogP contribution in [0.4, 0.5) is 0 Å². The molecule has 0 aromatic heterocycles. The summed E-state index contributed by atoms with van der Waals surface area (Å²) in [6.45, 7) is 4.36. The van der Waals surface area contributed by atoms with E-state index < -0.39 is 26.5 Å². The highest BCUT2D eigenvalue weighted by Crippen LogP contribution is 2.43. The summed E-state index contributed by atoms with van der Waals surface area (Å²) in [4.78, 5) is 35.9. The van der Waals surface area contributed by atoms with Gasteiger partial charge in [-0.25, -0.2) is 4.57 Å². The van der Waals surface area contributed by atoms with Gasteiger partial charge < -0.3 is 18.9 Å². The molecule has 0 radical (unpaired) electrons. The number of ether oxygens (including phenoxy) is 2. The molecule has 512 valence electrons. The third kappa shape index (κ3) is 72.3. The fourth-order valence-corrected chi connectivity index (χ4v) is 11.5. The smallest absolute Gasteiger partial charge is 0.462 e. The molecule has 0 aromatic carbocycles. The average molecular weight is 1250 g/mol. The Morgan fingerprint density at radius 3 is 0.966 bits per heavy atom. The normalized spacial score (nSPS) is 13.6. The van der Waals surface area contributed by atoms with Crippen LogP contribution in [-0.4, -0.2) is 74.9 Å². The molecule has 0 aliphatic carbocycles. The van der Waals surface area contributed by atoms with Crippen molar-refractivity contribution in [3.05, 3.63) is 85.1 Å². The molecule has 2 unspecified atom stereocenters. The number of quaternary nitrogens is 1. The molecule has 9 nitrogen and oxygen atoms in total. The molecule has 0 aromatic rings. The topological polar surface area (TPSA) is 108 Å². The maximum absolute atomic E-state index is 12.9. The number of esters is 2. The Morgan fingerprint density at radius 2 is 0.648 bits per heavy atom. The van der Waals surface area contributed by atoms with Crippen molar-refractivity contribution in [3.8, 4) is 0 Å². The minimum Gasteiger partial charge on any atom is -0.462 e.